The quantitative estimate of drug-likeness (QED) is 0.510. The van der Waals surface area contributed by atoms with Crippen LogP contribution in [0.4, 0.5) is 0 Å². The zero-order valence-electron chi connectivity index (χ0n) is 19.3. The molecule has 0 aromatic rings. The van der Waals surface area contributed by atoms with Crippen LogP contribution in [-0.4, -0.2) is 34.1 Å². The van der Waals surface area contributed by atoms with Crippen LogP contribution in [-0.2, 0) is 0 Å². The van der Waals surface area contributed by atoms with Gasteiger partial charge < -0.3 is 10.0 Å². The summed E-state index contributed by atoms with van der Waals surface area (Å²) < 4.78 is 0. The largest absolute Gasteiger partial charge is 0.506 e. The van der Waals surface area contributed by atoms with Gasteiger partial charge in [-0.25, -0.2) is 0 Å². The molecule has 0 amide bonds. The Balaban J connectivity index is 1.50. The van der Waals surface area contributed by atoms with E-state index < -0.39 is 0 Å². The second-order valence-electron chi connectivity index (χ2n) is 10.9. The number of hydrogen-bond donors (Lipinski definition) is 1. The Bertz CT molecular complexity index is 698. The molecule has 2 nitrogen and oxygen atoms in total. The van der Waals surface area contributed by atoms with Crippen molar-refractivity contribution in [3.05, 3.63) is 47.4 Å². The molecule has 30 heavy (non-hydrogen) atoms. The summed E-state index contributed by atoms with van der Waals surface area (Å²) >= 11 is 2.10. The van der Waals surface area contributed by atoms with Crippen molar-refractivity contribution in [3.63, 3.8) is 0 Å². The highest BCUT2D eigenvalue weighted by Gasteiger charge is 2.37. The van der Waals surface area contributed by atoms with Crippen LogP contribution in [0.2, 0.25) is 0 Å². The predicted molar refractivity (Wildman–Crippen MR) is 131 cm³/mol. The van der Waals surface area contributed by atoms with Gasteiger partial charge in [-0.2, -0.15) is 11.8 Å². The van der Waals surface area contributed by atoms with E-state index in [1.165, 1.54) is 56.2 Å². The molecule has 0 spiro atoms. The Morgan fingerprint density at radius 3 is 2.17 bits per heavy atom. The molecule has 1 saturated carbocycles. The van der Waals surface area contributed by atoms with Crippen molar-refractivity contribution in [2.75, 3.05) is 18.8 Å². The zero-order chi connectivity index (χ0) is 21.1. The first-order chi connectivity index (χ1) is 14.4. The number of fused-ring (bicyclic) bond motifs is 1. The summed E-state index contributed by atoms with van der Waals surface area (Å²) in [7, 11) is 0. The van der Waals surface area contributed by atoms with Crippen LogP contribution in [0.25, 0.3) is 0 Å². The van der Waals surface area contributed by atoms with Crippen LogP contribution in [0.1, 0.15) is 72.1 Å². The number of rotatable bonds is 4. The van der Waals surface area contributed by atoms with E-state index in [-0.39, 0.29) is 5.41 Å². The molecular formula is C27H41NOS. The van der Waals surface area contributed by atoms with Crippen LogP contribution < -0.4 is 0 Å². The maximum Gasteiger partial charge on any atom is 0.138 e. The molecule has 1 N–H and O–H groups in total. The average Bonchev–Trinajstić information content (AvgIpc) is 3.11. The Hall–Kier alpha value is -1.09. The second kappa shape index (κ2) is 9.59. The third kappa shape index (κ3) is 5.21. The normalized spacial score (nSPS) is 30.8. The number of aliphatic hydroxyl groups excluding tert-OH is 1. The first kappa shape index (κ1) is 22.1. The zero-order valence-corrected chi connectivity index (χ0v) is 20.1. The molecule has 3 atom stereocenters. The molecule has 4 aliphatic rings. The maximum atomic E-state index is 11.4. The summed E-state index contributed by atoms with van der Waals surface area (Å²) in [6.07, 6.45) is 22.2. The SMILES string of the molecule is CC(C)(C)C1C=C(CSC2CCCCCCC2)C(O)=C(N2CC3C=CC=CC3C2)C1. The van der Waals surface area contributed by atoms with Gasteiger partial charge in [0, 0.05) is 41.5 Å². The van der Waals surface area contributed by atoms with Gasteiger partial charge in [0.1, 0.15) is 5.76 Å². The van der Waals surface area contributed by atoms with Crippen molar-refractivity contribution in [1.82, 2.24) is 4.90 Å². The van der Waals surface area contributed by atoms with Crippen molar-refractivity contribution < 1.29 is 5.11 Å². The van der Waals surface area contributed by atoms with Crippen LogP contribution >= 0.6 is 11.8 Å². The molecule has 0 aromatic heterocycles. The number of thioether (sulfide) groups is 1. The lowest BCUT2D eigenvalue weighted by Gasteiger charge is -2.37. The standard InChI is InChI=1S/C27H41NOS/c1-27(2,3)23-15-22(19-30-24-13-7-5-4-6-8-14-24)26(29)25(16-23)28-17-20-11-9-10-12-21(20)18-28/h9-12,15,20-21,23-24,29H,4-8,13-14,16-19H2,1-3H3. The smallest absolute Gasteiger partial charge is 0.138 e. The van der Waals surface area contributed by atoms with Crippen molar-refractivity contribution in [1.29, 1.82) is 0 Å². The molecule has 2 fully saturated rings. The van der Waals surface area contributed by atoms with Gasteiger partial charge in [0.25, 0.3) is 0 Å². The molecular weight excluding hydrogens is 386 g/mol. The number of hydrogen-bond acceptors (Lipinski definition) is 3. The summed E-state index contributed by atoms with van der Waals surface area (Å²) in [4.78, 5) is 2.50. The molecule has 0 bridgehead atoms. The molecule has 4 rings (SSSR count). The highest BCUT2D eigenvalue weighted by Crippen LogP contribution is 2.43. The van der Waals surface area contributed by atoms with Gasteiger partial charge in [0.05, 0.1) is 5.70 Å². The van der Waals surface area contributed by atoms with Crippen LogP contribution in [0, 0.1) is 23.2 Å². The Kier molecular flexibility index (Phi) is 7.07. The topological polar surface area (TPSA) is 23.5 Å². The van der Waals surface area contributed by atoms with Crippen molar-refractivity contribution >= 4 is 11.8 Å². The van der Waals surface area contributed by atoms with Crippen molar-refractivity contribution in [2.24, 2.45) is 23.2 Å². The fourth-order valence-corrected chi connectivity index (χ4v) is 6.83. The molecule has 166 valence electrons. The minimum atomic E-state index is 0.217. The molecule has 3 heteroatoms. The summed E-state index contributed by atoms with van der Waals surface area (Å²) in [6, 6.07) is 0. The molecule has 3 aliphatic carbocycles. The van der Waals surface area contributed by atoms with E-state index in [4.69, 9.17) is 0 Å². The monoisotopic (exact) mass is 427 g/mol. The average molecular weight is 428 g/mol. The number of aliphatic hydroxyl groups is 1. The maximum absolute atomic E-state index is 11.4. The third-order valence-corrected chi connectivity index (χ3v) is 9.07. The second-order valence-corrected chi connectivity index (χ2v) is 12.2. The first-order valence-electron chi connectivity index (χ1n) is 12.3. The first-order valence-corrected chi connectivity index (χ1v) is 13.3. The lowest BCUT2D eigenvalue weighted by Crippen LogP contribution is -2.30. The lowest BCUT2D eigenvalue weighted by molar-refractivity contribution is 0.244. The fraction of sp³-hybridized carbons (Fsp3) is 0.704. The molecule has 1 aliphatic heterocycles. The third-order valence-electron chi connectivity index (χ3n) is 7.65. The van der Waals surface area contributed by atoms with E-state index in [1.54, 1.807) is 0 Å². The van der Waals surface area contributed by atoms with Gasteiger partial charge in [-0.1, -0.05) is 83.3 Å². The highest BCUT2D eigenvalue weighted by molar-refractivity contribution is 8.00. The van der Waals surface area contributed by atoms with Gasteiger partial charge in [-0.3, -0.25) is 0 Å². The molecule has 1 heterocycles. The van der Waals surface area contributed by atoms with Gasteiger partial charge >= 0.3 is 0 Å². The molecule has 1 saturated heterocycles. The van der Waals surface area contributed by atoms with Gasteiger partial charge in [-0.05, 0) is 30.6 Å². The molecule has 0 aromatic carbocycles. The van der Waals surface area contributed by atoms with Gasteiger partial charge in [-0.15, -0.1) is 0 Å². The minimum absolute atomic E-state index is 0.217. The van der Waals surface area contributed by atoms with E-state index in [0.29, 0.717) is 23.5 Å². The summed E-state index contributed by atoms with van der Waals surface area (Å²) in [5, 5.41) is 12.1. The van der Waals surface area contributed by atoms with Crippen LogP contribution in [0.3, 0.4) is 0 Å². The summed E-state index contributed by atoms with van der Waals surface area (Å²) in [6.45, 7) is 9.14. The number of likely N-dealkylation sites (tertiary alicyclic amines) is 1. The van der Waals surface area contributed by atoms with Gasteiger partial charge in [0.2, 0.25) is 0 Å². The lowest BCUT2D eigenvalue weighted by atomic mass is 9.74. The molecule has 3 unspecified atom stereocenters. The summed E-state index contributed by atoms with van der Waals surface area (Å²) in [5.41, 5.74) is 2.63. The van der Waals surface area contributed by atoms with E-state index in [1.807, 2.05) is 0 Å². The molecule has 0 radical (unpaired) electrons. The van der Waals surface area contributed by atoms with E-state index in [9.17, 15) is 5.11 Å². The van der Waals surface area contributed by atoms with Crippen LogP contribution in [0.15, 0.2) is 47.4 Å². The van der Waals surface area contributed by atoms with E-state index >= 15 is 0 Å². The Labute approximate surface area is 188 Å². The number of nitrogens with zero attached hydrogens (tertiary/aromatic N) is 1. The predicted octanol–water partition coefficient (Wildman–Crippen LogP) is 7.27. The van der Waals surface area contributed by atoms with Crippen molar-refractivity contribution in [2.45, 2.75) is 77.4 Å². The van der Waals surface area contributed by atoms with E-state index in [0.717, 1.165) is 30.5 Å². The highest BCUT2D eigenvalue weighted by atomic mass is 32.2. The Morgan fingerprint density at radius 1 is 0.967 bits per heavy atom. The summed E-state index contributed by atoms with van der Waals surface area (Å²) in [5.74, 6) is 3.25. The van der Waals surface area contributed by atoms with E-state index in [2.05, 4.69) is 67.8 Å². The number of allylic oxidation sites excluding steroid dienone is 5. The van der Waals surface area contributed by atoms with Crippen molar-refractivity contribution in [3.8, 4) is 0 Å². The van der Waals surface area contributed by atoms with Crippen LogP contribution in [0.5, 0.6) is 0 Å². The Morgan fingerprint density at radius 2 is 1.57 bits per heavy atom. The minimum Gasteiger partial charge on any atom is -0.506 e. The fourth-order valence-electron chi connectivity index (χ4n) is 5.51. The van der Waals surface area contributed by atoms with Gasteiger partial charge in [0.15, 0.2) is 0 Å².